The maximum absolute atomic E-state index is 12.5. The van der Waals surface area contributed by atoms with Crippen molar-refractivity contribution in [2.75, 3.05) is 13.1 Å². The van der Waals surface area contributed by atoms with Crippen LogP contribution in [0.3, 0.4) is 0 Å². The summed E-state index contributed by atoms with van der Waals surface area (Å²) in [5.74, 6) is 0.0496. The normalized spacial score (nSPS) is 14.2. The topological polar surface area (TPSA) is 42.4 Å². The first-order valence-corrected chi connectivity index (χ1v) is 8.68. The van der Waals surface area contributed by atoms with Crippen molar-refractivity contribution < 1.29 is 9.53 Å². The average Bonchev–Trinajstić information content (AvgIpc) is 3.11. The van der Waals surface area contributed by atoms with Crippen LogP contribution in [0, 0.1) is 0 Å². The number of carbonyl (C=O) groups is 1. The van der Waals surface area contributed by atoms with Gasteiger partial charge in [0, 0.05) is 17.1 Å². The van der Waals surface area contributed by atoms with Crippen LogP contribution in [0.15, 0.2) is 66.2 Å². The molecule has 0 radical (unpaired) electrons. The van der Waals surface area contributed by atoms with Gasteiger partial charge in [0.15, 0.2) is 0 Å². The summed E-state index contributed by atoms with van der Waals surface area (Å²) in [6.07, 6.45) is 1.76. The Morgan fingerprint density at radius 3 is 2.42 bits per heavy atom. The van der Waals surface area contributed by atoms with E-state index in [2.05, 4.69) is 17.1 Å². The van der Waals surface area contributed by atoms with Gasteiger partial charge in [0.25, 0.3) is 11.1 Å². The SMILES string of the molecule is O=C(c1ccc(-c2ccccc2)cc1)N1CC(Oc2nccs2)C1. The van der Waals surface area contributed by atoms with Crippen molar-refractivity contribution in [1.82, 2.24) is 9.88 Å². The second kappa shape index (κ2) is 6.45. The van der Waals surface area contributed by atoms with Gasteiger partial charge < -0.3 is 9.64 Å². The highest BCUT2D eigenvalue weighted by atomic mass is 32.1. The molecule has 3 aromatic rings. The molecule has 1 aliphatic rings. The number of benzene rings is 2. The number of hydrogen-bond acceptors (Lipinski definition) is 4. The third kappa shape index (κ3) is 3.03. The van der Waals surface area contributed by atoms with Crippen molar-refractivity contribution in [3.63, 3.8) is 0 Å². The average molecular weight is 336 g/mol. The van der Waals surface area contributed by atoms with Crippen LogP contribution in [0.5, 0.6) is 5.19 Å². The maximum atomic E-state index is 12.5. The Labute approximate surface area is 144 Å². The highest BCUT2D eigenvalue weighted by molar-refractivity contribution is 7.11. The van der Waals surface area contributed by atoms with Gasteiger partial charge in [0.1, 0.15) is 6.10 Å². The number of amides is 1. The fourth-order valence-electron chi connectivity index (χ4n) is 2.71. The van der Waals surface area contributed by atoms with Crippen molar-refractivity contribution >= 4 is 17.2 Å². The molecule has 1 aliphatic heterocycles. The minimum Gasteiger partial charge on any atom is -0.463 e. The molecule has 0 N–H and O–H groups in total. The molecular formula is C19H16N2O2S. The number of hydrogen-bond donors (Lipinski definition) is 0. The lowest BCUT2D eigenvalue weighted by molar-refractivity contribution is 0.0177. The van der Waals surface area contributed by atoms with Gasteiger partial charge in [-0.2, -0.15) is 0 Å². The number of aromatic nitrogens is 1. The highest BCUT2D eigenvalue weighted by Gasteiger charge is 2.33. The Morgan fingerprint density at radius 1 is 1.04 bits per heavy atom. The van der Waals surface area contributed by atoms with Gasteiger partial charge in [-0.05, 0) is 23.3 Å². The van der Waals surface area contributed by atoms with E-state index in [-0.39, 0.29) is 12.0 Å². The predicted molar refractivity (Wildman–Crippen MR) is 94.3 cm³/mol. The summed E-state index contributed by atoms with van der Waals surface area (Å²) in [6.45, 7) is 1.22. The van der Waals surface area contributed by atoms with Crippen molar-refractivity contribution in [2.24, 2.45) is 0 Å². The first kappa shape index (κ1) is 14.9. The Balaban J connectivity index is 1.37. The zero-order valence-electron chi connectivity index (χ0n) is 13.0. The summed E-state index contributed by atoms with van der Waals surface area (Å²) in [5.41, 5.74) is 2.97. The largest absolute Gasteiger partial charge is 0.463 e. The lowest BCUT2D eigenvalue weighted by Gasteiger charge is -2.38. The molecule has 0 unspecified atom stereocenters. The van der Waals surface area contributed by atoms with Gasteiger partial charge in [0.05, 0.1) is 13.1 Å². The summed E-state index contributed by atoms with van der Waals surface area (Å²) in [6, 6.07) is 17.9. The van der Waals surface area contributed by atoms with E-state index in [1.165, 1.54) is 11.3 Å². The minimum atomic E-state index is 0.0451. The van der Waals surface area contributed by atoms with E-state index in [1.807, 2.05) is 47.8 Å². The van der Waals surface area contributed by atoms with Crippen LogP contribution < -0.4 is 4.74 Å². The molecule has 4 rings (SSSR count). The molecule has 2 heterocycles. The number of thiazole rings is 1. The molecule has 5 heteroatoms. The molecule has 2 aromatic carbocycles. The number of rotatable bonds is 4. The molecular weight excluding hydrogens is 320 g/mol. The number of likely N-dealkylation sites (tertiary alicyclic amines) is 1. The number of carbonyl (C=O) groups excluding carboxylic acids is 1. The lowest BCUT2D eigenvalue weighted by Crippen LogP contribution is -2.56. The lowest BCUT2D eigenvalue weighted by atomic mass is 10.0. The minimum absolute atomic E-state index is 0.0451. The van der Waals surface area contributed by atoms with Gasteiger partial charge in [-0.25, -0.2) is 4.98 Å². The third-order valence-corrected chi connectivity index (χ3v) is 4.71. The molecule has 120 valence electrons. The van der Waals surface area contributed by atoms with E-state index < -0.39 is 0 Å². The highest BCUT2D eigenvalue weighted by Crippen LogP contribution is 2.23. The molecule has 1 fully saturated rings. The van der Waals surface area contributed by atoms with Crippen molar-refractivity contribution in [2.45, 2.75) is 6.10 Å². The summed E-state index contributed by atoms with van der Waals surface area (Å²) >= 11 is 1.47. The Bertz CT molecular complexity index is 810. The van der Waals surface area contributed by atoms with E-state index in [1.54, 1.807) is 11.1 Å². The smallest absolute Gasteiger partial charge is 0.273 e. The number of ether oxygens (including phenoxy) is 1. The molecule has 0 spiro atoms. The van der Waals surface area contributed by atoms with E-state index in [9.17, 15) is 4.79 Å². The van der Waals surface area contributed by atoms with Gasteiger partial charge in [-0.3, -0.25) is 4.79 Å². The monoisotopic (exact) mass is 336 g/mol. The van der Waals surface area contributed by atoms with Crippen molar-refractivity contribution in [3.8, 4) is 16.3 Å². The standard InChI is InChI=1S/C19H16N2O2S/c22-18(21-12-17(13-21)23-19-20-10-11-24-19)16-8-6-15(7-9-16)14-4-2-1-3-5-14/h1-11,17H,12-13H2. The number of nitrogens with zero attached hydrogens (tertiary/aromatic N) is 2. The van der Waals surface area contributed by atoms with Gasteiger partial charge in [0.2, 0.25) is 0 Å². The molecule has 24 heavy (non-hydrogen) atoms. The predicted octanol–water partition coefficient (Wildman–Crippen LogP) is 3.71. The van der Waals surface area contributed by atoms with E-state index in [0.717, 1.165) is 11.1 Å². The van der Waals surface area contributed by atoms with Crippen molar-refractivity contribution in [3.05, 3.63) is 71.7 Å². The van der Waals surface area contributed by atoms with Gasteiger partial charge in [-0.15, -0.1) is 0 Å². The van der Waals surface area contributed by atoms with Crippen LogP contribution in [0.2, 0.25) is 0 Å². The third-order valence-electron chi connectivity index (χ3n) is 4.05. The van der Waals surface area contributed by atoms with Crippen LogP contribution >= 0.6 is 11.3 Å². The van der Waals surface area contributed by atoms with Crippen LogP contribution in [-0.4, -0.2) is 35.0 Å². The summed E-state index contributed by atoms with van der Waals surface area (Å²) < 4.78 is 5.70. The van der Waals surface area contributed by atoms with Gasteiger partial charge in [-0.1, -0.05) is 53.8 Å². The first-order chi connectivity index (χ1) is 11.8. The molecule has 0 saturated carbocycles. The molecule has 4 nitrogen and oxygen atoms in total. The summed E-state index contributed by atoms with van der Waals surface area (Å²) in [5, 5.41) is 2.55. The fraction of sp³-hybridized carbons (Fsp3) is 0.158. The molecule has 0 bridgehead atoms. The van der Waals surface area contributed by atoms with E-state index in [0.29, 0.717) is 23.8 Å². The van der Waals surface area contributed by atoms with Crippen LogP contribution in [-0.2, 0) is 0 Å². The van der Waals surface area contributed by atoms with Crippen LogP contribution in [0.1, 0.15) is 10.4 Å². The Morgan fingerprint density at radius 2 is 1.75 bits per heavy atom. The van der Waals surface area contributed by atoms with E-state index >= 15 is 0 Å². The van der Waals surface area contributed by atoms with Crippen LogP contribution in [0.4, 0.5) is 0 Å². The fourth-order valence-corrected chi connectivity index (χ4v) is 3.26. The zero-order chi connectivity index (χ0) is 16.4. The van der Waals surface area contributed by atoms with E-state index in [4.69, 9.17) is 4.74 Å². The van der Waals surface area contributed by atoms with Crippen LogP contribution in [0.25, 0.3) is 11.1 Å². The zero-order valence-corrected chi connectivity index (χ0v) is 13.8. The van der Waals surface area contributed by atoms with Gasteiger partial charge >= 0.3 is 0 Å². The molecule has 0 atom stereocenters. The molecule has 0 aliphatic carbocycles. The maximum Gasteiger partial charge on any atom is 0.273 e. The molecule has 1 amide bonds. The second-order valence-corrected chi connectivity index (χ2v) is 6.55. The summed E-state index contributed by atoms with van der Waals surface area (Å²) in [7, 11) is 0. The Kier molecular flexibility index (Phi) is 4.01. The summed E-state index contributed by atoms with van der Waals surface area (Å²) in [4.78, 5) is 18.4. The quantitative estimate of drug-likeness (QED) is 0.729. The molecule has 1 saturated heterocycles. The van der Waals surface area contributed by atoms with Crippen molar-refractivity contribution in [1.29, 1.82) is 0 Å². The Hall–Kier alpha value is -2.66. The second-order valence-electron chi connectivity index (χ2n) is 5.69. The first-order valence-electron chi connectivity index (χ1n) is 7.80. The molecule has 1 aromatic heterocycles.